The van der Waals surface area contributed by atoms with Crippen LogP contribution in [-0.4, -0.2) is 54.6 Å². The Balaban J connectivity index is 2.07. The van der Waals surface area contributed by atoms with Gasteiger partial charge in [-0.25, -0.2) is 0 Å². The standard InChI is InChI=1S/C19H28N2O2/c1-16(2)13-19(22)21(15-18-7-5-4-6-8-18)17(3)14-20-9-11-23-12-10-20/h4-8,13,17H,9-12,14-15H2,1-3H3/t17-/m1/s1. The Kier molecular flexibility index (Phi) is 6.81. The van der Waals surface area contributed by atoms with Gasteiger partial charge in [0.25, 0.3) is 0 Å². The summed E-state index contributed by atoms with van der Waals surface area (Å²) in [7, 11) is 0. The highest BCUT2D eigenvalue weighted by atomic mass is 16.5. The van der Waals surface area contributed by atoms with Crippen LogP contribution in [0, 0.1) is 0 Å². The van der Waals surface area contributed by atoms with Crippen molar-refractivity contribution in [3.05, 3.63) is 47.5 Å². The van der Waals surface area contributed by atoms with E-state index in [2.05, 4.69) is 24.0 Å². The number of carbonyl (C=O) groups excluding carboxylic acids is 1. The van der Waals surface area contributed by atoms with E-state index in [1.165, 1.54) is 0 Å². The van der Waals surface area contributed by atoms with Crippen LogP contribution in [0.25, 0.3) is 0 Å². The Bertz CT molecular complexity index is 517. The lowest BCUT2D eigenvalue weighted by Gasteiger charge is -2.34. The van der Waals surface area contributed by atoms with Crippen molar-refractivity contribution in [3.63, 3.8) is 0 Å². The molecule has 0 spiro atoms. The van der Waals surface area contributed by atoms with Crippen molar-refractivity contribution < 1.29 is 9.53 Å². The lowest BCUT2D eigenvalue weighted by Crippen LogP contribution is -2.47. The number of morpholine rings is 1. The molecule has 0 radical (unpaired) electrons. The number of carbonyl (C=O) groups is 1. The second kappa shape index (κ2) is 8.85. The van der Waals surface area contributed by atoms with E-state index >= 15 is 0 Å². The fourth-order valence-corrected chi connectivity index (χ4v) is 2.82. The second-order valence-electron chi connectivity index (χ2n) is 6.44. The van der Waals surface area contributed by atoms with E-state index in [-0.39, 0.29) is 11.9 Å². The fraction of sp³-hybridized carbons (Fsp3) is 0.526. The highest BCUT2D eigenvalue weighted by molar-refractivity contribution is 5.88. The van der Waals surface area contributed by atoms with Gasteiger partial charge in [0, 0.05) is 38.3 Å². The quantitative estimate of drug-likeness (QED) is 0.757. The minimum atomic E-state index is 0.0922. The van der Waals surface area contributed by atoms with E-state index in [0.29, 0.717) is 6.54 Å². The van der Waals surface area contributed by atoms with E-state index in [1.54, 1.807) is 6.08 Å². The van der Waals surface area contributed by atoms with Gasteiger partial charge in [-0.3, -0.25) is 9.69 Å². The number of ether oxygens (including phenoxy) is 1. The molecule has 1 fully saturated rings. The number of allylic oxidation sites excluding steroid dienone is 1. The zero-order valence-corrected chi connectivity index (χ0v) is 14.5. The summed E-state index contributed by atoms with van der Waals surface area (Å²) >= 11 is 0. The Morgan fingerprint density at radius 2 is 1.91 bits per heavy atom. The van der Waals surface area contributed by atoms with Gasteiger partial charge in [-0.1, -0.05) is 35.9 Å². The second-order valence-corrected chi connectivity index (χ2v) is 6.44. The summed E-state index contributed by atoms with van der Waals surface area (Å²) < 4.78 is 5.41. The van der Waals surface area contributed by atoms with Crippen molar-refractivity contribution in [2.24, 2.45) is 0 Å². The molecule has 0 saturated carbocycles. The van der Waals surface area contributed by atoms with Crippen LogP contribution < -0.4 is 0 Å². The van der Waals surface area contributed by atoms with Gasteiger partial charge >= 0.3 is 0 Å². The van der Waals surface area contributed by atoms with Crippen LogP contribution in [0.3, 0.4) is 0 Å². The molecule has 4 heteroatoms. The third-order valence-corrected chi connectivity index (χ3v) is 4.05. The van der Waals surface area contributed by atoms with Gasteiger partial charge in [-0.15, -0.1) is 0 Å². The van der Waals surface area contributed by atoms with Crippen molar-refractivity contribution in [2.75, 3.05) is 32.8 Å². The summed E-state index contributed by atoms with van der Waals surface area (Å²) in [6.07, 6.45) is 1.73. The van der Waals surface area contributed by atoms with Crippen LogP contribution in [0.5, 0.6) is 0 Å². The molecule has 1 aliphatic rings. The number of amides is 1. The largest absolute Gasteiger partial charge is 0.379 e. The van der Waals surface area contributed by atoms with E-state index in [9.17, 15) is 4.79 Å². The molecule has 0 bridgehead atoms. The first-order valence-corrected chi connectivity index (χ1v) is 8.36. The Hall–Kier alpha value is -1.65. The van der Waals surface area contributed by atoms with Crippen LogP contribution in [0.15, 0.2) is 42.0 Å². The third kappa shape index (κ3) is 5.81. The summed E-state index contributed by atoms with van der Waals surface area (Å²) in [6, 6.07) is 10.4. The maximum Gasteiger partial charge on any atom is 0.247 e. The van der Waals surface area contributed by atoms with Crippen LogP contribution >= 0.6 is 0 Å². The minimum Gasteiger partial charge on any atom is -0.379 e. The number of benzene rings is 1. The van der Waals surface area contributed by atoms with Crippen molar-refractivity contribution in [3.8, 4) is 0 Å². The maximum absolute atomic E-state index is 12.6. The molecule has 23 heavy (non-hydrogen) atoms. The molecule has 1 aromatic carbocycles. The minimum absolute atomic E-state index is 0.0922. The van der Waals surface area contributed by atoms with Gasteiger partial charge in [-0.2, -0.15) is 0 Å². The molecule has 4 nitrogen and oxygen atoms in total. The topological polar surface area (TPSA) is 32.8 Å². The van der Waals surface area contributed by atoms with Crippen molar-refractivity contribution in [1.29, 1.82) is 0 Å². The molecule has 1 aromatic rings. The molecule has 1 aliphatic heterocycles. The van der Waals surface area contributed by atoms with Crippen LogP contribution in [0.2, 0.25) is 0 Å². The Labute approximate surface area is 139 Å². The number of hydrogen-bond acceptors (Lipinski definition) is 3. The smallest absolute Gasteiger partial charge is 0.247 e. The van der Waals surface area contributed by atoms with Gasteiger partial charge in [0.2, 0.25) is 5.91 Å². The molecule has 0 aliphatic carbocycles. The average molecular weight is 316 g/mol. The summed E-state index contributed by atoms with van der Waals surface area (Å²) in [5.74, 6) is 0.0922. The summed E-state index contributed by atoms with van der Waals surface area (Å²) in [5.41, 5.74) is 2.20. The van der Waals surface area contributed by atoms with Gasteiger partial charge < -0.3 is 9.64 Å². The zero-order chi connectivity index (χ0) is 16.7. The van der Waals surface area contributed by atoms with E-state index < -0.39 is 0 Å². The molecule has 2 rings (SSSR count). The van der Waals surface area contributed by atoms with Gasteiger partial charge in [0.15, 0.2) is 0 Å². The summed E-state index contributed by atoms with van der Waals surface area (Å²) in [6.45, 7) is 11.1. The Morgan fingerprint density at radius 1 is 1.26 bits per heavy atom. The SMILES string of the molecule is CC(C)=CC(=O)N(Cc1ccccc1)[C@H](C)CN1CCOCC1. The predicted octanol–water partition coefficient (Wildman–Crippen LogP) is 2.70. The van der Waals surface area contributed by atoms with Crippen LogP contribution in [-0.2, 0) is 16.1 Å². The van der Waals surface area contributed by atoms with Crippen LogP contribution in [0.1, 0.15) is 26.3 Å². The number of rotatable bonds is 6. The molecule has 0 aromatic heterocycles. The highest BCUT2D eigenvalue weighted by Crippen LogP contribution is 2.12. The first-order valence-electron chi connectivity index (χ1n) is 8.36. The molecule has 0 N–H and O–H groups in total. The van der Waals surface area contributed by atoms with E-state index in [1.807, 2.05) is 36.9 Å². The average Bonchev–Trinajstić information content (AvgIpc) is 2.53. The molecule has 0 unspecified atom stereocenters. The zero-order valence-electron chi connectivity index (χ0n) is 14.5. The lowest BCUT2D eigenvalue weighted by atomic mass is 10.1. The van der Waals surface area contributed by atoms with E-state index in [0.717, 1.165) is 44.0 Å². The molecular formula is C19H28N2O2. The molecule has 1 amide bonds. The molecular weight excluding hydrogens is 288 g/mol. The first-order chi connectivity index (χ1) is 11.1. The lowest BCUT2D eigenvalue weighted by molar-refractivity contribution is -0.129. The van der Waals surface area contributed by atoms with Gasteiger partial charge in [0.1, 0.15) is 0 Å². The maximum atomic E-state index is 12.6. The molecule has 126 valence electrons. The number of nitrogens with zero attached hydrogens (tertiary/aromatic N) is 2. The highest BCUT2D eigenvalue weighted by Gasteiger charge is 2.22. The van der Waals surface area contributed by atoms with E-state index in [4.69, 9.17) is 4.74 Å². The van der Waals surface area contributed by atoms with Crippen LogP contribution in [0.4, 0.5) is 0 Å². The van der Waals surface area contributed by atoms with Gasteiger partial charge in [0.05, 0.1) is 13.2 Å². The predicted molar refractivity (Wildman–Crippen MR) is 93.1 cm³/mol. The summed E-state index contributed by atoms with van der Waals surface area (Å²) in [5, 5.41) is 0. The first kappa shape index (κ1) is 17.7. The fourth-order valence-electron chi connectivity index (χ4n) is 2.82. The van der Waals surface area contributed by atoms with Crippen molar-refractivity contribution in [1.82, 2.24) is 9.80 Å². The molecule has 1 heterocycles. The normalized spacial score (nSPS) is 16.7. The monoisotopic (exact) mass is 316 g/mol. The third-order valence-electron chi connectivity index (χ3n) is 4.05. The van der Waals surface area contributed by atoms with Crippen molar-refractivity contribution >= 4 is 5.91 Å². The molecule has 1 saturated heterocycles. The molecule has 1 atom stereocenters. The number of hydrogen-bond donors (Lipinski definition) is 0. The van der Waals surface area contributed by atoms with Gasteiger partial charge in [-0.05, 0) is 26.3 Å². The summed E-state index contributed by atoms with van der Waals surface area (Å²) in [4.78, 5) is 17.0. The Morgan fingerprint density at radius 3 is 2.52 bits per heavy atom. The van der Waals surface area contributed by atoms with Crippen molar-refractivity contribution in [2.45, 2.75) is 33.4 Å².